The molecule has 0 atom stereocenters. The maximum Gasteiger partial charge on any atom is 0.262 e. The number of amides is 1. The summed E-state index contributed by atoms with van der Waals surface area (Å²) < 4.78 is 33.8. The molecule has 31 heavy (non-hydrogen) atoms. The summed E-state index contributed by atoms with van der Waals surface area (Å²) in [5.74, 6) is 0.148. The summed E-state index contributed by atoms with van der Waals surface area (Å²) in [6.45, 7) is 1.94. The molecule has 1 heterocycles. The van der Waals surface area contributed by atoms with Gasteiger partial charge in [-0.2, -0.15) is 0 Å². The lowest BCUT2D eigenvalue weighted by Gasteiger charge is -2.10. The lowest BCUT2D eigenvalue weighted by Crippen LogP contribution is -2.14. The van der Waals surface area contributed by atoms with Crippen molar-refractivity contribution in [3.63, 3.8) is 0 Å². The van der Waals surface area contributed by atoms with E-state index < -0.39 is 10.0 Å². The van der Waals surface area contributed by atoms with Gasteiger partial charge >= 0.3 is 0 Å². The predicted octanol–water partition coefficient (Wildman–Crippen LogP) is 4.67. The van der Waals surface area contributed by atoms with Gasteiger partial charge in [0, 0.05) is 23.0 Å². The lowest BCUT2D eigenvalue weighted by atomic mass is 10.2. The molecule has 0 aliphatic carbocycles. The van der Waals surface area contributed by atoms with Crippen molar-refractivity contribution in [1.82, 2.24) is 4.98 Å². The Morgan fingerprint density at radius 2 is 1.74 bits per heavy atom. The van der Waals surface area contributed by atoms with Crippen molar-refractivity contribution < 1.29 is 17.9 Å². The number of carbonyl (C=O) groups is 1. The number of rotatable bonds is 6. The highest BCUT2D eigenvalue weighted by atomic mass is 32.2. The van der Waals surface area contributed by atoms with Crippen molar-refractivity contribution in [3.05, 3.63) is 77.3 Å². The largest absolute Gasteiger partial charge is 0.497 e. The Kier molecular flexibility index (Phi) is 5.62. The number of fused-ring (bicyclic) bond motifs is 1. The highest BCUT2D eigenvalue weighted by Crippen LogP contribution is 2.25. The van der Waals surface area contributed by atoms with Gasteiger partial charge in [0.25, 0.3) is 15.9 Å². The second kappa shape index (κ2) is 8.37. The van der Waals surface area contributed by atoms with Crippen LogP contribution in [0.25, 0.3) is 10.2 Å². The fourth-order valence-corrected chi connectivity index (χ4v) is 4.90. The number of thiazole rings is 1. The SMILES string of the molecule is COc1cccc(S(=O)(=O)Nc2ccc(C(=O)Nc3ccc4sc(C)nc4c3)cc2)c1. The van der Waals surface area contributed by atoms with E-state index in [0.717, 1.165) is 15.2 Å². The molecule has 1 aromatic heterocycles. The first kappa shape index (κ1) is 20.8. The first-order valence-electron chi connectivity index (χ1n) is 9.29. The molecule has 0 aliphatic rings. The maximum atomic E-state index is 12.6. The van der Waals surface area contributed by atoms with Crippen LogP contribution in [0.15, 0.2) is 71.6 Å². The van der Waals surface area contributed by atoms with E-state index in [1.165, 1.54) is 19.2 Å². The van der Waals surface area contributed by atoms with E-state index in [2.05, 4.69) is 15.0 Å². The topological polar surface area (TPSA) is 97.4 Å². The van der Waals surface area contributed by atoms with Gasteiger partial charge in [-0.3, -0.25) is 9.52 Å². The van der Waals surface area contributed by atoms with Crippen molar-refractivity contribution in [3.8, 4) is 5.75 Å². The van der Waals surface area contributed by atoms with Crippen LogP contribution in [0.1, 0.15) is 15.4 Å². The standard InChI is InChI=1S/C22H19N3O4S2/c1-14-23-20-12-17(10-11-21(20)30-14)24-22(26)15-6-8-16(9-7-15)25-31(27,28)19-5-3-4-18(13-19)29-2/h3-13,25H,1-2H3,(H,24,26). The maximum absolute atomic E-state index is 12.6. The molecule has 0 radical (unpaired) electrons. The van der Waals surface area contributed by atoms with Gasteiger partial charge in [-0.25, -0.2) is 13.4 Å². The molecule has 1 amide bonds. The molecular formula is C22H19N3O4S2. The van der Waals surface area contributed by atoms with E-state index in [0.29, 0.717) is 22.7 Å². The molecule has 7 nitrogen and oxygen atoms in total. The highest BCUT2D eigenvalue weighted by Gasteiger charge is 2.15. The number of aromatic nitrogens is 1. The normalized spacial score (nSPS) is 11.3. The minimum absolute atomic E-state index is 0.0846. The summed E-state index contributed by atoms with van der Waals surface area (Å²) in [6.07, 6.45) is 0. The van der Waals surface area contributed by atoms with Gasteiger partial charge in [0.2, 0.25) is 0 Å². The number of aryl methyl sites for hydroxylation is 1. The van der Waals surface area contributed by atoms with Crippen molar-refractivity contribution in [2.24, 2.45) is 0 Å². The van der Waals surface area contributed by atoms with Crippen LogP contribution in [-0.4, -0.2) is 26.4 Å². The van der Waals surface area contributed by atoms with E-state index in [4.69, 9.17) is 4.74 Å². The Hall–Kier alpha value is -3.43. The number of anilines is 2. The molecule has 3 aromatic carbocycles. The lowest BCUT2D eigenvalue weighted by molar-refractivity contribution is 0.102. The molecule has 4 rings (SSSR count). The van der Waals surface area contributed by atoms with Crippen LogP contribution in [0.3, 0.4) is 0 Å². The number of sulfonamides is 1. The van der Waals surface area contributed by atoms with Crippen LogP contribution < -0.4 is 14.8 Å². The van der Waals surface area contributed by atoms with Crippen LogP contribution in [0.2, 0.25) is 0 Å². The van der Waals surface area contributed by atoms with Gasteiger partial charge in [0.1, 0.15) is 5.75 Å². The molecule has 0 spiro atoms. The quantitative estimate of drug-likeness (QED) is 0.442. The summed E-state index contributed by atoms with van der Waals surface area (Å²) in [4.78, 5) is 17.1. The van der Waals surface area contributed by atoms with Crippen molar-refractivity contribution in [2.75, 3.05) is 17.1 Å². The first-order chi connectivity index (χ1) is 14.8. The molecule has 0 unspecified atom stereocenters. The summed E-state index contributed by atoms with van der Waals surface area (Å²) in [6, 6.07) is 18.0. The second-order valence-corrected chi connectivity index (χ2v) is 9.65. The van der Waals surface area contributed by atoms with E-state index in [1.807, 2.05) is 25.1 Å². The van der Waals surface area contributed by atoms with Gasteiger partial charge in [0.15, 0.2) is 0 Å². The Morgan fingerprint density at radius 1 is 1.00 bits per heavy atom. The van der Waals surface area contributed by atoms with E-state index in [9.17, 15) is 13.2 Å². The number of hydrogen-bond acceptors (Lipinski definition) is 6. The molecule has 9 heteroatoms. The zero-order valence-corrected chi connectivity index (χ0v) is 18.4. The molecule has 0 saturated heterocycles. The Balaban J connectivity index is 1.47. The number of carbonyl (C=O) groups excluding carboxylic acids is 1. The van der Waals surface area contributed by atoms with Gasteiger partial charge in [-0.05, 0) is 61.5 Å². The summed E-state index contributed by atoms with van der Waals surface area (Å²) in [5.41, 5.74) is 2.23. The fourth-order valence-electron chi connectivity index (χ4n) is 3.00. The minimum atomic E-state index is -3.78. The average molecular weight is 454 g/mol. The molecule has 0 saturated carbocycles. The third kappa shape index (κ3) is 4.68. The molecule has 0 fully saturated rings. The number of nitrogens with one attached hydrogen (secondary N) is 2. The molecular weight excluding hydrogens is 434 g/mol. The number of hydrogen-bond donors (Lipinski definition) is 2. The number of nitrogens with zero attached hydrogens (tertiary/aromatic N) is 1. The van der Waals surface area contributed by atoms with Crippen molar-refractivity contribution >= 4 is 48.9 Å². The second-order valence-electron chi connectivity index (χ2n) is 6.73. The zero-order chi connectivity index (χ0) is 22.0. The molecule has 0 bridgehead atoms. The highest BCUT2D eigenvalue weighted by molar-refractivity contribution is 7.92. The average Bonchev–Trinajstić information content (AvgIpc) is 3.13. The van der Waals surface area contributed by atoms with Gasteiger partial charge in [0.05, 0.1) is 27.2 Å². The van der Waals surface area contributed by atoms with Crippen LogP contribution in [-0.2, 0) is 10.0 Å². The van der Waals surface area contributed by atoms with E-state index >= 15 is 0 Å². The molecule has 4 aromatic rings. The minimum Gasteiger partial charge on any atom is -0.497 e. The van der Waals surface area contributed by atoms with Gasteiger partial charge < -0.3 is 10.1 Å². The van der Waals surface area contributed by atoms with Crippen LogP contribution in [0.4, 0.5) is 11.4 Å². The van der Waals surface area contributed by atoms with Crippen molar-refractivity contribution in [2.45, 2.75) is 11.8 Å². The number of benzene rings is 3. The monoisotopic (exact) mass is 453 g/mol. The molecule has 2 N–H and O–H groups in total. The van der Waals surface area contributed by atoms with Gasteiger partial charge in [-0.1, -0.05) is 6.07 Å². The molecule has 0 aliphatic heterocycles. The Morgan fingerprint density at radius 3 is 2.48 bits per heavy atom. The number of methoxy groups -OCH3 is 1. The van der Waals surface area contributed by atoms with E-state index in [-0.39, 0.29) is 10.8 Å². The van der Waals surface area contributed by atoms with Crippen LogP contribution in [0.5, 0.6) is 5.75 Å². The summed E-state index contributed by atoms with van der Waals surface area (Å²) in [7, 11) is -2.31. The third-order valence-electron chi connectivity index (χ3n) is 4.50. The third-order valence-corrected chi connectivity index (χ3v) is 6.83. The van der Waals surface area contributed by atoms with Gasteiger partial charge in [-0.15, -0.1) is 11.3 Å². The Labute approximate surface area is 183 Å². The van der Waals surface area contributed by atoms with Crippen LogP contribution in [0, 0.1) is 6.92 Å². The summed E-state index contributed by atoms with van der Waals surface area (Å²) in [5, 5.41) is 3.80. The summed E-state index contributed by atoms with van der Waals surface area (Å²) >= 11 is 1.60. The first-order valence-corrected chi connectivity index (χ1v) is 11.6. The van der Waals surface area contributed by atoms with Crippen molar-refractivity contribution in [1.29, 1.82) is 0 Å². The number of ether oxygens (including phenoxy) is 1. The van der Waals surface area contributed by atoms with E-state index in [1.54, 1.807) is 47.7 Å². The zero-order valence-electron chi connectivity index (χ0n) is 16.7. The Bertz CT molecular complexity index is 1360. The molecule has 158 valence electrons. The van der Waals surface area contributed by atoms with Crippen LogP contribution >= 0.6 is 11.3 Å². The predicted molar refractivity (Wildman–Crippen MR) is 123 cm³/mol. The smallest absolute Gasteiger partial charge is 0.262 e. The fraction of sp³-hybridized carbons (Fsp3) is 0.0909.